The number of hydrogen-bond donors (Lipinski definition) is 2. The van der Waals surface area contributed by atoms with Crippen LogP contribution in [-0.2, 0) is 12.7 Å². The van der Waals surface area contributed by atoms with Crippen LogP contribution in [0, 0.1) is 0 Å². The van der Waals surface area contributed by atoms with Crippen LogP contribution in [0.2, 0.25) is 0 Å². The Bertz CT molecular complexity index is 338. The van der Waals surface area contributed by atoms with Crippen molar-refractivity contribution in [3.63, 3.8) is 0 Å². The molecule has 74 valence electrons. The second-order valence-electron chi connectivity index (χ2n) is 2.45. The van der Waals surface area contributed by atoms with E-state index in [0.29, 0.717) is 6.07 Å². The molecule has 0 aliphatic rings. The number of nitrogens with zero attached hydrogens (tertiary/aromatic N) is 1. The molecule has 0 saturated heterocycles. The highest BCUT2D eigenvalue weighted by atomic mass is 19.4. The molecule has 0 radical (unpaired) electrons. The maximum absolute atomic E-state index is 12.0. The number of rotatable bonds is 2. The Balaban J connectivity index is 3.02. The van der Waals surface area contributed by atoms with Crippen molar-refractivity contribution >= 4 is 0 Å². The van der Waals surface area contributed by atoms with Crippen molar-refractivity contribution in [3.05, 3.63) is 22.1 Å². The zero-order valence-corrected chi connectivity index (χ0v) is 6.56. The average molecular weight is 195 g/mol. The quantitative estimate of drug-likeness (QED) is 0.705. The van der Waals surface area contributed by atoms with E-state index in [2.05, 4.69) is 0 Å². The summed E-state index contributed by atoms with van der Waals surface area (Å²) in [6.45, 7) is 0.159. The molecule has 0 fully saturated rings. The highest BCUT2D eigenvalue weighted by Crippen LogP contribution is 2.26. The minimum atomic E-state index is -4.51. The molecule has 0 unspecified atom stereocenters. The van der Waals surface area contributed by atoms with Crippen molar-refractivity contribution in [2.24, 2.45) is 5.73 Å². The smallest absolute Gasteiger partial charge is 0.329 e. The van der Waals surface area contributed by atoms with Crippen LogP contribution in [0.4, 0.5) is 13.2 Å². The van der Waals surface area contributed by atoms with Crippen molar-refractivity contribution in [2.45, 2.75) is 12.7 Å². The number of nitrogens with two attached hydrogens (primary N) is 1. The van der Waals surface area contributed by atoms with Crippen molar-refractivity contribution in [2.75, 3.05) is 6.54 Å². The van der Waals surface area contributed by atoms with E-state index in [0.717, 1.165) is 4.68 Å². The van der Waals surface area contributed by atoms with E-state index < -0.39 is 17.4 Å². The van der Waals surface area contributed by atoms with Crippen molar-refractivity contribution < 1.29 is 13.2 Å². The van der Waals surface area contributed by atoms with Crippen LogP contribution in [0.15, 0.2) is 10.9 Å². The van der Waals surface area contributed by atoms with Crippen LogP contribution in [0.5, 0.6) is 0 Å². The van der Waals surface area contributed by atoms with Crippen molar-refractivity contribution in [1.29, 1.82) is 0 Å². The van der Waals surface area contributed by atoms with Gasteiger partial charge in [-0.1, -0.05) is 0 Å². The second-order valence-corrected chi connectivity index (χ2v) is 2.45. The molecule has 3 N–H and O–H groups in total. The minimum Gasteiger partial charge on any atom is -0.329 e. The Morgan fingerprint density at radius 2 is 2.15 bits per heavy atom. The van der Waals surface area contributed by atoms with Gasteiger partial charge in [0, 0.05) is 12.6 Å². The summed E-state index contributed by atoms with van der Waals surface area (Å²) in [5.74, 6) is 0. The molecule has 1 heterocycles. The third-order valence-electron chi connectivity index (χ3n) is 1.45. The third kappa shape index (κ3) is 2.11. The number of aromatic amines is 1. The molecule has 0 aromatic carbocycles. The van der Waals surface area contributed by atoms with Crippen LogP contribution in [0.3, 0.4) is 0 Å². The molecule has 4 nitrogen and oxygen atoms in total. The number of nitrogens with one attached hydrogen (secondary N) is 1. The summed E-state index contributed by atoms with van der Waals surface area (Å²) in [4.78, 5) is 10.9. The zero-order chi connectivity index (χ0) is 10.1. The predicted octanol–water partition coefficient (Wildman–Crippen LogP) is 0.154. The highest BCUT2D eigenvalue weighted by molar-refractivity contribution is 5.03. The third-order valence-corrected chi connectivity index (χ3v) is 1.45. The molecule has 0 amide bonds. The normalized spacial score (nSPS) is 12.0. The number of alkyl halides is 3. The van der Waals surface area contributed by atoms with E-state index in [4.69, 9.17) is 5.73 Å². The summed E-state index contributed by atoms with van der Waals surface area (Å²) < 4.78 is 36.8. The summed E-state index contributed by atoms with van der Waals surface area (Å²) in [6, 6.07) is 0.510. The van der Waals surface area contributed by atoms with Gasteiger partial charge >= 0.3 is 6.18 Å². The van der Waals surface area contributed by atoms with E-state index >= 15 is 0 Å². The number of halogens is 3. The Labute approximate surface area is 71.1 Å². The first-order chi connectivity index (χ1) is 5.95. The summed E-state index contributed by atoms with van der Waals surface area (Å²) in [6.07, 6.45) is -4.51. The lowest BCUT2D eigenvalue weighted by molar-refractivity contribution is -0.141. The second kappa shape index (κ2) is 3.25. The lowest BCUT2D eigenvalue weighted by Crippen LogP contribution is -2.21. The minimum absolute atomic E-state index is 0.0505. The van der Waals surface area contributed by atoms with Crippen molar-refractivity contribution in [3.8, 4) is 0 Å². The predicted molar refractivity (Wildman–Crippen MR) is 39.1 cm³/mol. The standard InChI is InChI=1S/C6H8F3N3O/c7-6(8,9)4-3-5(13)12(11-4)2-1-10/h3,11H,1-2,10H2. The Kier molecular flexibility index (Phi) is 2.46. The van der Waals surface area contributed by atoms with Gasteiger partial charge in [0.05, 0.1) is 6.54 Å². The molecule has 1 aromatic rings. The van der Waals surface area contributed by atoms with Gasteiger partial charge in [0.15, 0.2) is 0 Å². The summed E-state index contributed by atoms with van der Waals surface area (Å²) in [7, 11) is 0. The van der Waals surface area contributed by atoms with Gasteiger partial charge in [-0.25, -0.2) is 0 Å². The largest absolute Gasteiger partial charge is 0.432 e. The fourth-order valence-electron chi connectivity index (χ4n) is 0.875. The molecule has 1 rings (SSSR count). The van der Waals surface area contributed by atoms with Crippen LogP contribution < -0.4 is 11.3 Å². The van der Waals surface area contributed by atoms with E-state index in [-0.39, 0.29) is 13.1 Å². The molecular weight excluding hydrogens is 187 g/mol. The molecular formula is C6H8F3N3O. The molecule has 0 saturated carbocycles. The monoisotopic (exact) mass is 195 g/mol. The van der Waals surface area contributed by atoms with E-state index in [1.807, 2.05) is 5.10 Å². The maximum Gasteiger partial charge on any atom is 0.432 e. The van der Waals surface area contributed by atoms with E-state index in [1.165, 1.54) is 0 Å². The first kappa shape index (κ1) is 9.85. The van der Waals surface area contributed by atoms with Crippen LogP contribution in [0.1, 0.15) is 5.69 Å². The summed E-state index contributed by atoms with van der Waals surface area (Å²) >= 11 is 0. The lowest BCUT2D eigenvalue weighted by Gasteiger charge is -2.02. The molecule has 0 aliphatic heterocycles. The molecule has 1 aromatic heterocycles. The zero-order valence-electron chi connectivity index (χ0n) is 6.56. The van der Waals surface area contributed by atoms with Gasteiger partial charge in [0.25, 0.3) is 5.56 Å². The SMILES string of the molecule is NCCn1[nH]c(C(F)(F)F)cc1=O. The van der Waals surface area contributed by atoms with Gasteiger partial charge in [-0.05, 0) is 0 Å². The maximum atomic E-state index is 12.0. The van der Waals surface area contributed by atoms with Crippen LogP contribution in [0.25, 0.3) is 0 Å². The van der Waals surface area contributed by atoms with Gasteiger partial charge < -0.3 is 5.73 Å². The van der Waals surface area contributed by atoms with Gasteiger partial charge in [-0.2, -0.15) is 13.2 Å². The molecule has 0 spiro atoms. The lowest BCUT2D eigenvalue weighted by atomic mass is 10.4. The van der Waals surface area contributed by atoms with E-state index in [9.17, 15) is 18.0 Å². The number of H-pyrrole nitrogens is 1. The highest BCUT2D eigenvalue weighted by Gasteiger charge is 2.33. The molecule has 0 aliphatic carbocycles. The number of hydrogen-bond acceptors (Lipinski definition) is 2. The first-order valence-electron chi connectivity index (χ1n) is 3.52. The number of aromatic nitrogens is 2. The Hall–Kier alpha value is -1.24. The van der Waals surface area contributed by atoms with Gasteiger partial charge in [-0.3, -0.25) is 14.6 Å². The van der Waals surface area contributed by atoms with Crippen molar-refractivity contribution in [1.82, 2.24) is 9.78 Å². The molecule has 13 heavy (non-hydrogen) atoms. The Morgan fingerprint density at radius 3 is 2.54 bits per heavy atom. The van der Waals surface area contributed by atoms with Crippen LogP contribution in [-0.4, -0.2) is 16.3 Å². The Morgan fingerprint density at radius 1 is 1.54 bits per heavy atom. The summed E-state index contributed by atoms with van der Waals surface area (Å²) in [5, 5.41) is 1.92. The topological polar surface area (TPSA) is 63.8 Å². The molecule has 0 bridgehead atoms. The van der Waals surface area contributed by atoms with Crippen LogP contribution >= 0.6 is 0 Å². The average Bonchev–Trinajstić information content (AvgIpc) is 2.32. The van der Waals surface area contributed by atoms with E-state index in [1.54, 1.807) is 0 Å². The van der Waals surface area contributed by atoms with Gasteiger partial charge in [0.2, 0.25) is 0 Å². The molecule has 0 atom stereocenters. The molecule has 7 heteroatoms. The fourth-order valence-corrected chi connectivity index (χ4v) is 0.875. The van der Waals surface area contributed by atoms with Gasteiger partial charge in [0.1, 0.15) is 5.69 Å². The van der Waals surface area contributed by atoms with Gasteiger partial charge in [-0.15, -0.1) is 0 Å². The first-order valence-corrected chi connectivity index (χ1v) is 3.52. The fraction of sp³-hybridized carbons (Fsp3) is 0.500. The summed E-state index contributed by atoms with van der Waals surface area (Å²) in [5.41, 5.74) is 3.31.